The second kappa shape index (κ2) is 4.31. The first-order valence-corrected chi connectivity index (χ1v) is 7.81. The topological polar surface area (TPSA) is 42.2 Å². The molecule has 0 radical (unpaired) electrons. The first-order chi connectivity index (χ1) is 8.92. The zero-order chi connectivity index (χ0) is 11.9. The highest BCUT2D eigenvalue weighted by Crippen LogP contribution is 2.32. The summed E-state index contributed by atoms with van der Waals surface area (Å²) in [7, 11) is 0. The van der Waals surface area contributed by atoms with E-state index >= 15 is 0 Å². The van der Waals surface area contributed by atoms with E-state index in [-0.39, 0.29) is 0 Å². The fraction of sp³-hybridized carbons (Fsp3) is 0.692. The fourth-order valence-corrected chi connectivity index (χ4v) is 4.25. The van der Waals surface area contributed by atoms with E-state index in [1.54, 1.807) is 0 Å². The summed E-state index contributed by atoms with van der Waals surface area (Å²) >= 11 is 1.81. The minimum Gasteiger partial charge on any atom is -0.311 e. The van der Waals surface area contributed by atoms with E-state index in [1.807, 2.05) is 11.3 Å². The normalized spacial score (nSPS) is 21.3. The van der Waals surface area contributed by atoms with Crippen molar-refractivity contribution in [3.63, 3.8) is 0 Å². The van der Waals surface area contributed by atoms with Crippen molar-refractivity contribution in [2.24, 2.45) is 0 Å². The highest BCUT2D eigenvalue weighted by Gasteiger charge is 2.23. The predicted molar refractivity (Wildman–Crippen MR) is 72.1 cm³/mol. The van der Waals surface area contributed by atoms with Gasteiger partial charge in [-0.1, -0.05) is 30.6 Å². The first-order valence-electron chi connectivity index (χ1n) is 7.00. The Labute approximate surface area is 110 Å². The van der Waals surface area contributed by atoms with Crippen LogP contribution in [0.1, 0.15) is 54.4 Å². The van der Waals surface area contributed by atoms with Crippen LogP contribution in [0, 0.1) is 0 Å². The van der Waals surface area contributed by atoms with Crippen LogP contribution in [-0.2, 0) is 13.0 Å². The molecule has 4 nitrogen and oxygen atoms in total. The molecule has 18 heavy (non-hydrogen) atoms. The molecule has 1 fully saturated rings. The van der Waals surface area contributed by atoms with Gasteiger partial charge in [0.05, 0.1) is 5.69 Å². The maximum atomic E-state index is 4.80. The molecule has 0 unspecified atom stereocenters. The highest BCUT2D eigenvalue weighted by atomic mass is 32.1. The van der Waals surface area contributed by atoms with Crippen LogP contribution in [0.15, 0.2) is 0 Å². The van der Waals surface area contributed by atoms with Gasteiger partial charge in [-0.3, -0.25) is 0 Å². The lowest BCUT2D eigenvalue weighted by Crippen LogP contribution is -2.23. The zero-order valence-electron chi connectivity index (χ0n) is 10.5. The van der Waals surface area contributed by atoms with Gasteiger partial charge < -0.3 is 5.32 Å². The van der Waals surface area contributed by atoms with Gasteiger partial charge in [0.15, 0.2) is 5.82 Å². The van der Waals surface area contributed by atoms with Crippen LogP contribution >= 0.6 is 11.3 Å². The third-order valence-corrected chi connectivity index (χ3v) is 5.25. The molecule has 2 aromatic rings. The summed E-state index contributed by atoms with van der Waals surface area (Å²) in [6.07, 6.45) is 7.73. The van der Waals surface area contributed by atoms with Crippen molar-refractivity contribution >= 4 is 16.3 Å². The first kappa shape index (κ1) is 10.9. The van der Waals surface area contributed by atoms with E-state index in [2.05, 4.69) is 9.83 Å². The molecule has 0 aromatic carbocycles. The molecule has 0 amide bonds. The Morgan fingerprint density at radius 1 is 1.22 bits per heavy atom. The monoisotopic (exact) mass is 262 g/mol. The summed E-state index contributed by atoms with van der Waals surface area (Å²) in [4.78, 5) is 7.31. The van der Waals surface area contributed by atoms with Crippen molar-refractivity contribution < 1.29 is 0 Å². The molecule has 0 atom stereocenters. The summed E-state index contributed by atoms with van der Waals surface area (Å²) in [5.41, 5.74) is 1.39. The summed E-state index contributed by atoms with van der Waals surface area (Å²) in [5, 5.41) is 8.21. The SMILES string of the molecule is C1CCC(c2nc3sc4c(n3n2)CCNC4)CC1. The van der Waals surface area contributed by atoms with Gasteiger partial charge in [0.25, 0.3) is 0 Å². The van der Waals surface area contributed by atoms with Gasteiger partial charge in [0, 0.05) is 30.3 Å². The lowest BCUT2D eigenvalue weighted by molar-refractivity contribution is 0.428. The predicted octanol–water partition coefficient (Wildman–Crippen LogP) is 2.48. The molecular formula is C13H18N4S. The van der Waals surface area contributed by atoms with Crippen LogP contribution in [0.5, 0.6) is 0 Å². The quantitative estimate of drug-likeness (QED) is 0.858. The molecule has 1 saturated carbocycles. The van der Waals surface area contributed by atoms with Gasteiger partial charge in [-0.15, -0.1) is 0 Å². The second-order valence-electron chi connectivity index (χ2n) is 5.40. The molecule has 5 heteroatoms. The van der Waals surface area contributed by atoms with Crippen molar-refractivity contribution in [3.05, 3.63) is 16.4 Å². The average molecular weight is 262 g/mol. The number of thiazole rings is 1. The molecule has 2 aromatic heterocycles. The van der Waals surface area contributed by atoms with E-state index in [1.165, 1.54) is 42.7 Å². The molecule has 2 aliphatic rings. The Morgan fingerprint density at radius 3 is 3.00 bits per heavy atom. The van der Waals surface area contributed by atoms with Crippen molar-refractivity contribution in [1.29, 1.82) is 0 Å². The standard InChI is InChI=1S/C13H18N4S/c1-2-4-9(5-3-1)12-15-13-17(16-12)10-6-7-14-8-11(10)18-13/h9,14H,1-8H2. The summed E-state index contributed by atoms with van der Waals surface area (Å²) in [6.45, 7) is 2.06. The Kier molecular flexibility index (Phi) is 2.62. The van der Waals surface area contributed by atoms with Crippen LogP contribution < -0.4 is 5.32 Å². The molecule has 0 spiro atoms. The van der Waals surface area contributed by atoms with Crippen LogP contribution in [0.2, 0.25) is 0 Å². The lowest BCUT2D eigenvalue weighted by atomic mass is 9.89. The summed E-state index contributed by atoms with van der Waals surface area (Å²) < 4.78 is 2.12. The molecule has 3 heterocycles. The minimum absolute atomic E-state index is 0.614. The van der Waals surface area contributed by atoms with E-state index in [0.717, 1.165) is 30.3 Å². The van der Waals surface area contributed by atoms with Crippen molar-refractivity contribution in [2.75, 3.05) is 6.54 Å². The summed E-state index contributed by atoms with van der Waals surface area (Å²) in [6, 6.07) is 0. The second-order valence-corrected chi connectivity index (χ2v) is 6.46. The maximum Gasteiger partial charge on any atom is 0.212 e. The molecule has 0 bridgehead atoms. The minimum atomic E-state index is 0.614. The van der Waals surface area contributed by atoms with Crippen LogP contribution in [-0.4, -0.2) is 21.1 Å². The van der Waals surface area contributed by atoms with Gasteiger partial charge in [-0.05, 0) is 12.8 Å². The number of hydrogen-bond donors (Lipinski definition) is 1. The van der Waals surface area contributed by atoms with Crippen molar-refractivity contribution in [2.45, 2.75) is 51.0 Å². The number of rotatable bonds is 1. The van der Waals surface area contributed by atoms with Gasteiger partial charge in [0.1, 0.15) is 0 Å². The molecule has 1 aliphatic carbocycles. The van der Waals surface area contributed by atoms with Gasteiger partial charge in [-0.25, -0.2) is 9.50 Å². The number of nitrogens with one attached hydrogen (secondary N) is 1. The van der Waals surface area contributed by atoms with Crippen LogP contribution in [0.25, 0.3) is 4.96 Å². The highest BCUT2D eigenvalue weighted by molar-refractivity contribution is 7.17. The fourth-order valence-electron chi connectivity index (χ4n) is 3.17. The number of nitrogens with zero attached hydrogens (tertiary/aromatic N) is 3. The van der Waals surface area contributed by atoms with Gasteiger partial charge in [0.2, 0.25) is 4.96 Å². The average Bonchev–Trinajstić information content (AvgIpc) is 2.97. The molecule has 1 aliphatic heterocycles. The third-order valence-electron chi connectivity index (χ3n) is 4.18. The van der Waals surface area contributed by atoms with Crippen LogP contribution in [0.4, 0.5) is 0 Å². The van der Waals surface area contributed by atoms with Gasteiger partial charge in [-0.2, -0.15) is 5.10 Å². The Morgan fingerprint density at radius 2 is 2.11 bits per heavy atom. The Bertz CT molecular complexity index is 565. The molecular weight excluding hydrogens is 244 g/mol. The largest absolute Gasteiger partial charge is 0.311 e. The van der Waals surface area contributed by atoms with E-state index < -0.39 is 0 Å². The van der Waals surface area contributed by atoms with Crippen molar-refractivity contribution in [1.82, 2.24) is 19.9 Å². The van der Waals surface area contributed by atoms with E-state index in [0.29, 0.717) is 5.92 Å². The maximum absolute atomic E-state index is 4.80. The smallest absolute Gasteiger partial charge is 0.212 e. The van der Waals surface area contributed by atoms with Gasteiger partial charge >= 0.3 is 0 Å². The molecule has 4 rings (SSSR count). The van der Waals surface area contributed by atoms with E-state index in [9.17, 15) is 0 Å². The zero-order valence-corrected chi connectivity index (χ0v) is 11.3. The molecule has 96 valence electrons. The summed E-state index contributed by atoms with van der Waals surface area (Å²) in [5.74, 6) is 1.71. The Hall–Kier alpha value is -0.940. The molecule has 1 N–H and O–H groups in total. The Balaban J connectivity index is 1.73. The number of fused-ring (bicyclic) bond motifs is 3. The van der Waals surface area contributed by atoms with Crippen molar-refractivity contribution in [3.8, 4) is 0 Å². The molecule has 0 saturated heterocycles. The third kappa shape index (κ3) is 1.68. The van der Waals surface area contributed by atoms with Crippen LogP contribution in [0.3, 0.4) is 0 Å². The number of aromatic nitrogens is 3. The lowest BCUT2D eigenvalue weighted by Gasteiger charge is -2.18. The van der Waals surface area contributed by atoms with E-state index in [4.69, 9.17) is 10.1 Å². The number of hydrogen-bond acceptors (Lipinski definition) is 4.